The molecule has 4 nitrogen and oxygen atoms in total. The number of hydrogen-bond donors (Lipinski definition) is 0. The molecule has 0 aliphatic rings. The highest BCUT2D eigenvalue weighted by Gasteiger charge is 2.20. The first-order valence-corrected chi connectivity index (χ1v) is 8.64. The molecule has 4 heteroatoms. The third-order valence-corrected chi connectivity index (χ3v) is 5.01. The van der Waals surface area contributed by atoms with Crippen LogP contribution in [0.5, 0.6) is 0 Å². The van der Waals surface area contributed by atoms with Crippen LogP contribution in [-0.2, 0) is 7.05 Å². The van der Waals surface area contributed by atoms with Crippen molar-refractivity contribution in [2.45, 2.75) is 46.5 Å². The summed E-state index contributed by atoms with van der Waals surface area (Å²) in [7, 11) is 1.82. The van der Waals surface area contributed by atoms with Gasteiger partial charge in [0.25, 0.3) is 5.56 Å². The first-order valence-electron chi connectivity index (χ1n) is 8.64. The second-order valence-corrected chi connectivity index (χ2v) is 6.52. The zero-order chi connectivity index (χ0) is 17.4. The van der Waals surface area contributed by atoms with Crippen LogP contribution in [0.25, 0.3) is 16.9 Å². The van der Waals surface area contributed by atoms with Crippen molar-refractivity contribution in [3.05, 3.63) is 57.5 Å². The zero-order valence-corrected chi connectivity index (χ0v) is 15.1. The monoisotopic (exact) mass is 323 g/mol. The lowest BCUT2D eigenvalue weighted by Gasteiger charge is -2.14. The van der Waals surface area contributed by atoms with E-state index in [9.17, 15) is 4.79 Å². The topological polar surface area (TPSA) is 39.3 Å². The zero-order valence-electron chi connectivity index (χ0n) is 15.1. The first-order chi connectivity index (χ1) is 11.5. The molecule has 0 atom stereocenters. The SMILES string of the molecule is CCC(CC)c1cc(C)n2nc(-c3ccccc3C)n(C)c(=O)c12. The lowest BCUT2D eigenvalue weighted by molar-refractivity contribution is 0.644. The lowest BCUT2D eigenvalue weighted by atomic mass is 9.95. The fourth-order valence-electron chi connectivity index (χ4n) is 3.51. The molecule has 0 radical (unpaired) electrons. The Morgan fingerprint density at radius 3 is 2.42 bits per heavy atom. The molecule has 0 unspecified atom stereocenters. The minimum atomic E-state index is 0.0262. The van der Waals surface area contributed by atoms with Crippen molar-refractivity contribution in [1.82, 2.24) is 14.2 Å². The predicted octanol–water partition coefficient (Wildman–Crippen LogP) is 4.22. The van der Waals surface area contributed by atoms with Gasteiger partial charge in [0.2, 0.25) is 0 Å². The Balaban J connectivity index is 2.35. The molecular weight excluding hydrogens is 298 g/mol. The van der Waals surface area contributed by atoms with Crippen LogP contribution in [0.1, 0.15) is 49.4 Å². The molecule has 3 rings (SSSR count). The van der Waals surface area contributed by atoms with Gasteiger partial charge in [-0.25, -0.2) is 4.52 Å². The molecule has 0 aliphatic heterocycles. The van der Waals surface area contributed by atoms with E-state index >= 15 is 0 Å². The Hall–Kier alpha value is -2.36. The van der Waals surface area contributed by atoms with Crippen molar-refractivity contribution in [3.8, 4) is 11.4 Å². The minimum Gasteiger partial charge on any atom is -0.293 e. The van der Waals surface area contributed by atoms with Gasteiger partial charge in [0.05, 0.1) is 0 Å². The summed E-state index contributed by atoms with van der Waals surface area (Å²) in [5, 5.41) is 4.82. The van der Waals surface area contributed by atoms with E-state index in [0.29, 0.717) is 11.7 Å². The number of benzene rings is 1. The van der Waals surface area contributed by atoms with E-state index in [2.05, 4.69) is 19.9 Å². The third kappa shape index (κ3) is 2.46. The third-order valence-electron chi connectivity index (χ3n) is 5.01. The molecule has 0 saturated carbocycles. The maximum atomic E-state index is 13.1. The molecule has 2 heterocycles. The van der Waals surface area contributed by atoms with E-state index in [-0.39, 0.29) is 5.56 Å². The van der Waals surface area contributed by atoms with Gasteiger partial charge in [0, 0.05) is 18.3 Å². The van der Waals surface area contributed by atoms with Crippen molar-refractivity contribution < 1.29 is 0 Å². The minimum absolute atomic E-state index is 0.0262. The largest absolute Gasteiger partial charge is 0.293 e. The molecule has 2 aromatic heterocycles. The van der Waals surface area contributed by atoms with E-state index in [4.69, 9.17) is 5.10 Å². The molecule has 0 fully saturated rings. The molecule has 0 amide bonds. The van der Waals surface area contributed by atoms with Crippen LogP contribution in [-0.4, -0.2) is 14.2 Å². The van der Waals surface area contributed by atoms with Gasteiger partial charge in [-0.3, -0.25) is 9.36 Å². The highest BCUT2D eigenvalue weighted by atomic mass is 16.1. The van der Waals surface area contributed by atoms with Crippen molar-refractivity contribution in [2.75, 3.05) is 0 Å². The summed E-state index contributed by atoms with van der Waals surface area (Å²) >= 11 is 0. The Kier molecular flexibility index (Phi) is 4.31. The van der Waals surface area contributed by atoms with Crippen molar-refractivity contribution in [2.24, 2.45) is 7.05 Å². The lowest BCUT2D eigenvalue weighted by Crippen LogP contribution is -2.24. The second-order valence-electron chi connectivity index (χ2n) is 6.52. The van der Waals surface area contributed by atoms with E-state index in [0.717, 1.165) is 40.7 Å². The van der Waals surface area contributed by atoms with Gasteiger partial charge in [0.1, 0.15) is 5.52 Å². The Bertz CT molecular complexity index is 945. The van der Waals surface area contributed by atoms with E-state index in [1.807, 2.05) is 49.7 Å². The standard InChI is InChI=1S/C20H25N3O/c1-6-15(7-2)17-12-14(4)23-18(17)20(24)22(5)19(21-23)16-11-9-8-10-13(16)3/h8-12,15H,6-7H2,1-5H3. The van der Waals surface area contributed by atoms with Crippen molar-refractivity contribution in [1.29, 1.82) is 0 Å². The quantitative estimate of drug-likeness (QED) is 0.721. The van der Waals surface area contributed by atoms with Crippen molar-refractivity contribution in [3.63, 3.8) is 0 Å². The van der Waals surface area contributed by atoms with Crippen LogP contribution >= 0.6 is 0 Å². The van der Waals surface area contributed by atoms with Gasteiger partial charge < -0.3 is 0 Å². The maximum Gasteiger partial charge on any atom is 0.278 e. The summed E-state index contributed by atoms with van der Waals surface area (Å²) in [5.41, 5.74) is 5.00. The Labute approximate surface area is 142 Å². The number of aromatic nitrogens is 3. The van der Waals surface area contributed by atoms with Gasteiger partial charge in [0.15, 0.2) is 5.82 Å². The fourth-order valence-corrected chi connectivity index (χ4v) is 3.51. The van der Waals surface area contributed by atoms with Crippen LogP contribution in [0, 0.1) is 13.8 Å². The highest BCUT2D eigenvalue weighted by Crippen LogP contribution is 2.28. The number of hydrogen-bond acceptors (Lipinski definition) is 2. The van der Waals surface area contributed by atoms with E-state index < -0.39 is 0 Å². The summed E-state index contributed by atoms with van der Waals surface area (Å²) in [6.45, 7) is 8.41. The Morgan fingerprint density at radius 2 is 1.79 bits per heavy atom. The van der Waals surface area contributed by atoms with Crippen molar-refractivity contribution >= 4 is 5.52 Å². The number of rotatable bonds is 4. The molecular formula is C20H25N3O. The molecule has 0 N–H and O–H groups in total. The van der Waals surface area contributed by atoms with Crippen LogP contribution < -0.4 is 5.56 Å². The van der Waals surface area contributed by atoms with Crippen LogP contribution in [0.15, 0.2) is 35.1 Å². The van der Waals surface area contributed by atoms with Gasteiger partial charge in [-0.15, -0.1) is 5.10 Å². The number of fused-ring (bicyclic) bond motifs is 1. The summed E-state index contributed by atoms with van der Waals surface area (Å²) in [6.07, 6.45) is 2.05. The van der Waals surface area contributed by atoms with Gasteiger partial charge >= 0.3 is 0 Å². The molecule has 0 aliphatic carbocycles. The fraction of sp³-hybridized carbons (Fsp3) is 0.400. The van der Waals surface area contributed by atoms with Crippen LogP contribution in [0.3, 0.4) is 0 Å². The normalized spacial score (nSPS) is 11.6. The smallest absolute Gasteiger partial charge is 0.278 e. The Morgan fingerprint density at radius 1 is 1.12 bits per heavy atom. The summed E-state index contributed by atoms with van der Waals surface area (Å²) in [5.74, 6) is 1.10. The van der Waals surface area contributed by atoms with Crippen LogP contribution in [0.2, 0.25) is 0 Å². The number of nitrogens with zero attached hydrogens (tertiary/aromatic N) is 3. The number of aryl methyl sites for hydroxylation is 2. The summed E-state index contributed by atoms with van der Waals surface area (Å²) in [4.78, 5) is 13.1. The van der Waals surface area contributed by atoms with E-state index in [1.54, 1.807) is 4.57 Å². The van der Waals surface area contributed by atoms with Gasteiger partial charge in [-0.05, 0) is 49.8 Å². The van der Waals surface area contributed by atoms with Gasteiger partial charge in [-0.1, -0.05) is 38.1 Å². The highest BCUT2D eigenvalue weighted by molar-refractivity contribution is 5.63. The summed E-state index contributed by atoms with van der Waals surface area (Å²) in [6, 6.07) is 10.2. The molecule has 3 aromatic rings. The summed E-state index contributed by atoms with van der Waals surface area (Å²) < 4.78 is 3.51. The average Bonchev–Trinajstić information content (AvgIpc) is 2.90. The molecule has 0 saturated heterocycles. The van der Waals surface area contributed by atoms with E-state index in [1.165, 1.54) is 0 Å². The maximum absolute atomic E-state index is 13.1. The average molecular weight is 323 g/mol. The molecule has 1 aromatic carbocycles. The first kappa shape index (κ1) is 16.5. The molecule has 24 heavy (non-hydrogen) atoms. The van der Waals surface area contributed by atoms with Gasteiger partial charge in [-0.2, -0.15) is 0 Å². The molecule has 0 bridgehead atoms. The molecule has 0 spiro atoms. The van der Waals surface area contributed by atoms with Crippen LogP contribution in [0.4, 0.5) is 0 Å². The second kappa shape index (κ2) is 6.27. The predicted molar refractivity (Wildman–Crippen MR) is 98.7 cm³/mol. The molecule has 126 valence electrons.